The van der Waals surface area contributed by atoms with E-state index in [1.165, 1.54) is 6.07 Å². The minimum absolute atomic E-state index is 0.0679. The van der Waals surface area contributed by atoms with Crippen molar-refractivity contribution in [2.24, 2.45) is 0 Å². The number of rotatable bonds is 1. The van der Waals surface area contributed by atoms with Crippen molar-refractivity contribution in [2.45, 2.75) is 6.92 Å². The summed E-state index contributed by atoms with van der Waals surface area (Å²) in [5, 5.41) is 10.4. The molecule has 1 rings (SSSR count). The van der Waals surface area contributed by atoms with Gasteiger partial charge in [0.25, 0.3) is 0 Å². The van der Waals surface area contributed by atoms with Crippen LogP contribution in [0.15, 0.2) is 10.7 Å². The first-order valence-corrected chi connectivity index (χ1v) is 3.88. The number of hydrogen-bond donors (Lipinski definition) is 1. The summed E-state index contributed by atoms with van der Waals surface area (Å²) < 4.78 is 0.163. The predicted octanol–water partition coefficient (Wildman–Crippen LogP) is 1.64. The molecule has 0 radical (unpaired) electrons. The average Bonchev–Trinajstić information content (AvgIpc) is 1.96. The first-order valence-electron chi connectivity index (χ1n) is 3.09. The molecule has 5 nitrogen and oxygen atoms in total. The van der Waals surface area contributed by atoms with E-state index in [0.717, 1.165) is 0 Å². The Kier molecular flexibility index (Phi) is 2.27. The molecule has 64 valence electrons. The van der Waals surface area contributed by atoms with Crippen LogP contribution >= 0.6 is 15.9 Å². The monoisotopic (exact) mass is 231 g/mol. The highest BCUT2D eigenvalue weighted by Crippen LogP contribution is 2.25. The zero-order valence-electron chi connectivity index (χ0n) is 6.24. The van der Waals surface area contributed by atoms with E-state index in [-0.39, 0.29) is 10.3 Å². The van der Waals surface area contributed by atoms with Crippen LogP contribution in [0.25, 0.3) is 0 Å². The van der Waals surface area contributed by atoms with E-state index < -0.39 is 4.92 Å². The lowest BCUT2D eigenvalue weighted by molar-refractivity contribution is -0.386. The van der Waals surface area contributed by atoms with Crippen LogP contribution in [0.4, 0.5) is 11.5 Å². The molecule has 12 heavy (non-hydrogen) atoms. The SMILES string of the molecule is Cc1cc([N+](=O)[O-])c(Br)nc1N. The van der Waals surface area contributed by atoms with Gasteiger partial charge in [0.2, 0.25) is 0 Å². The van der Waals surface area contributed by atoms with Gasteiger partial charge in [0.05, 0.1) is 4.92 Å². The van der Waals surface area contributed by atoms with Crippen LogP contribution in [-0.4, -0.2) is 9.91 Å². The Labute approximate surface area is 76.9 Å². The van der Waals surface area contributed by atoms with E-state index in [9.17, 15) is 10.1 Å². The smallest absolute Gasteiger partial charge is 0.302 e. The summed E-state index contributed by atoms with van der Waals surface area (Å²) in [6.45, 7) is 1.67. The van der Waals surface area contributed by atoms with Crippen molar-refractivity contribution in [1.82, 2.24) is 4.98 Å². The quantitative estimate of drug-likeness (QED) is 0.453. The molecule has 0 saturated heterocycles. The maximum atomic E-state index is 10.4. The molecule has 0 bridgehead atoms. The molecule has 1 aromatic heterocycles. The Morgan fingerprint density at radius 3 is 2.83 bits per heavy atom. The molecule has 0 aromatic carbocycles. The number of aromatic nitrogens is 1. The standard InChI is InChI=1S/C6H6BrN3O2/c1-3-2-4(10(11)12)5(7)9-6(3)8/h2H,1H3,(H2,8,9). The van der Waals surface area contributed by atoms with Gasteiger partial charge in [0, 0.05) is 6.07 Å². The Hall–Kier alpha value is -1.17. The Balaban J connectivity index is 3.33. The number of hydrogen-bond acceptors (Lipinski definition) is 4. The van der Waals surface area contributed by atoms with E-state index in [1.54, 1.807) is 6.92 Å². The molecule has 0 atom stereocenters. The molecule has 6 heteroatoms. The molecule has 1 heterocycles. The molecule has 0 aliphatic rings. The van der Waals surface area contributed by atoms with E-state index in [0.29, 0.717) is 11.4 Å². The van der Waals surface area contributed by atoms with Gasteiger partial charge in [-0.05, 0) is 28.4 Å². The van der Waals surface area contributed by atoms with E-state index in [1.807, 2.05) is 0 Å². The number of anilines is 1. The molecule has 0 aliphatic heterocycles. The van der Waals surface area contributed by atoms with Crippen molar-refractivity contribution < 1.29 is 4.92 Å². The highest BCUT2D eigenvalue weighted by molar-refractivity contribution is 9.10. The number of nitrogen functional groups attached to an aromatic ring is 1. The molecule has 2 N–H and O–H groups in total. The lowest BCUT2D eigenvalue weighted by Crippen LogP contribution is -1.98. The number of nitrogens with two attached hydrogens (primary N) is 1. The van der Waals surface area contributed by atoms with Crippen LogP contribution in [0.1, 0.15) is 5.56 Å². The first kappa shape index (κ1) is 8.92. The first-order chi connectivity index (χ1) is 5.52. The van der Waals surface area contributed by atoms with E-state index >= 15 is 0 Å². The number of halogens is 1. The second kappa shape index (κ2) is 3.06. The fraction of sp³-hybridized carbons (Fsp3) is 0.167. The largest absolute Gasteiger partial charge is 0.383 e. The second-order valence-corrected chi connectivity index (χ2v) is 3.01. The third-order valence-electron chi connectivity index (χ3n) is 1.38. The van der Waals surface area contributed by atoms with Crippen molar-refractivity contribution in [3.8, 4) is 0 Å². The van der Waals surface area contributed by atoms with Gasteiger partial charge in [-0.25, -0.2) is 4.98 Å². The van der Waals surface area contributed by atoms with Gasteiger partial charge in [-0.1, -0.05) is 0 Å². The number of nitrogens with zero attached hydrogens (tertiary/aromatic N) is 2. The summed E-state index contributed by atoms with van der Waals surface area (Å²) in [5.41, 5.74) is 5.96. The van der Waals surface area contributed by atoms with Crippen molar-refractivity contribution in [2.75, 3.05) is 5.73 Å². The van der Waals surface area contributed by atoms with Crippen LogP contribution in [0.3, 0.4) is 0 Å². The Morgan fingerprint density at radius 1 is 1.75 bits per heavy atom. The zero-order valence-corrected chi connectivity index (χ0v) is 7.83. The fourth-order valence-electron chi connectivity index (χ4n) is 0.718. The number of nitro groups is 1. The van der Waals surface area contributed by atoms with Crippen LogP contribution in [-0.2, 0) is 0 Å². The number of aryl methyl sites for hydroxylation is 1. The zero-order chi connectivity index (χ0) is 9.30. The molecule has 0 amide bonds. The maximum Gasteiger partial charge on any atom is 0.302 e. The minimum atomic E-state index is -0.510. The molecule has 0 fully saturated rings. The average molecular weight is 232 g/mol. The summed E-state index contributed by atoms with van der Waals surface area (Å²) in [5.74, 6) is 0.299. The lowest BCUT2D eigenvalue weighted by atomic mass is 10.3. The predicted molar refractivity (Wildman–Crippen MR) is 47.7 cm³/mol. The highest BCUT2D eigenvalue weighted by Gasteiger charge is 2.14. The van der Waals surface area contributed by atoms with Crippen LogP contribution in [0.2, 0.25) is 0 Å². The third-order valence-corrected chi connectivity index (χ3v) is 1.97. The summed E-state index contributed by atoms with van der Waals surface area (Å²) >= 11 is 2.95. The minimum Gasteiger partial charge on any atom is -0.383 e. The Bertz CT molecular complexity index is 340. The van der Waals surface area contributed by atoms with Crippen molar-refractivity contribution in [3.63, 3.8) is 0 Å². The molecule has 1 aromatic rings. The maximum absolute atomic E-state index is 10.4. The van der Waals surface area contributed by atoms with E-state index in [4.69, 9.17) is 5.73 Å². The van der Waals surface area contributed by atoms with Gasteiger partial charge in [0.15, 0.2) is 4.60 Å². The molecule has 0 unspecified atom stereocenters. The molecule has 0 aliphatic carbocycles. The van der Waals surface area contributed by atoms with Crippen LogP contribution in [0.5, 0.6) is 0 Å². The van der Waals surface area contributed by atoms with Gasteiger partial charge in [-0.15, -0.1) is 0 Å². The summed E-state index contributed by atoms with van der Waals surface area (Å²) in [4.78, 5) is 13.6. The molecule has 0 spiro atoms. The highest BCUT2D eigenvalue weighted by atomic mass is 79.9. The normalized spacial score (nSPS) is 9.83. The topological polar surface area (TPSA) is 82.0 Å². The van der Waals surface area contributed by atoms with Crippen molar-refractivity contribution in [3.05, 3.63) is 26.3 Å². The summed E-state index contributed by atoms with van der Waals surface area (Å²) in [7, 11) is 0. The van der Waals surface area contributed by atoms with Crippen molar-refractivity contribution >= 4 is 27.4 Å². The number of pyridine rings is 1. The second-order valence-electron chi connectivity index (χ2n) is 2.26. The fourth-order valence-corrected chi connectivity index (χ4v) is 1.17. The van der Waals surface area contributed by atoms with Gasteiger partial charge in [0.1, 0.15) is 5.82 Å². The van der Waals surface area contributed by atoms with Crippen LogP contribution < -0.4 is 5.73 Å². The third kappa shape index (κ3) is 1.53. The van der Waals surface area contributed by atoms with Crippen molar-refractivity contribution in [1.29, 1.82) is 0 Å². The van der Waals surface area contributed by atoms with Gasteiger partial charge < -0.3 is 5.73 Å². The van der Waals surface area contributed by atoms with Gasteiger partial charge in [-0.2, -0.15) is 0 Å². The van der Waals surface area contributed by atoms with Crippen LogP contribution in [0, 0.1) is 17.0 Å². The molecule has 0 saturated carbocycles. The van der Waals surface area contributed by atoms with Gasteiger partial charge >= 0.3 is 5.69 Å². The van der Waals surface area contributed by atoms with Gasteiger partial charge in [-0.3, -0.25) is 10.1 Å². The summed E-state index contributed by atoms with van der Waals surface area (Å²) in [6, 6.07) is 1.38. The molecular weight excluding hydrogens is 226 g/mol. The van der Waals surface area contributed by atoms with E-state index in [2.05, 4.69) is 20.9 Å². The lowest BCUT2D eigenvalue weighted by Gasteiger charge is -1.99. The Morgan fingerprint density at radius 2 is 2.33 bits per heavy atom. The molecular formula is C6H6BrN3O2. The summed E-state index contributed by atoms with van der Waals surface area (Å²) in [6.07, 6.45) is 0.